The van der Waals surface area contributed by atoms with Crippen molar-refractivity contribution in [2.75, 3.05) is 51.2 Å². The molecule has 3 aromatic heterocycles. The van der Waals surface area contributed by atoms with E-state index < -0.39 is 0 Å². The second-order valence-electron chi connectivity index (χ2n) is 9.71. The molecule has 1 N–H and O–H groups in total. The molecule has 1 aromatic carbocycles. The molecule has 2 saturated heterocycles. The Morgan fingerprint density at radius 1 is 0.944 bits per heavy atom. The number of carbonyl (C=O) groups excluding carboxylic acids is 1. The summed E-state index contributed by atoms with van der Waals surface area (Å²) >= 11 is 0. The molecule has 6 rings (SSSR count). The van der Waals surface area contributed by atoms with Crippen LogP contribution in [0, 0.1) is 0 Å². The molecule has 0 spiro atoms. The molecule has 0 aliphatic carbocycles. The number of rotatable bonds is 4. The van der Waals surface area contributed by atoms with Crippen LogP contribution in [0.3, 0.4) is 0 Å². The first kappa shape index (κ1) is 22.6. The zero-order valence-corrected chi connectivity index (χ0v) is 20.5. The number of likely N-dealkylation sites (tertiary alicyclic amines) is 1. The van der Waals surface area contributed by atoms with Crippen molar-refractivity contribution in [3.05, 3.63) is 66.4 Å². The Bertz CT molecular complexity index is 1350. The first-order valence-electron chi connectivity index (χ1n) is 12.6. The minimum Gasteiger partial charge on any atom is -0.368 e. The minimum atomic E-state index is -0.00869. The Labute approximate surface area is 210 Å². The van der Waals surface area contributed by atoms with Gasteiger partial charge in [0.1, 0.15) is 17.5 Å². The van der Waals surface area contributed by atoms with E-state index in [1.807, 2.05) is 47.5 Å². The SMILES string of the molecule is CN1CCN(c2cnc3c(C4CCN(C(=O)c5cc(-c6ccccc6)n[nH]5)CC4)ncnc3c2)CC1. The number of hydrogen-bond donors (Lipinski definition) is 1. The molecule has 1 amide bonds. The van der Waals surface area contributed by atoms with Gasteiger partial charge in [0.15, 0.2) is 0 Å². The number of aromatic nitrogens is 5. The lowest BCUT2D eigenvalue weighted by Crippen LogP contribution is -2.44. The fraction of sp³-hybridized carbons (Fsp3) is 0.370. The molecule has 36 heavy (non-hydrogen) atoms. The van der Waals surface area contributed by atoms with E-state index in [9.17, 15) is 4.79 Å². The topological polar surface area (TPSA) is 94.1 Å². The van der Waals surface area contributed by atoms with E-state index in [1.165, 1.54) is 0 Å². The molecule has 9 heteroatoms. The first-order valence-corrected chi connectivity index (χ1v) is 12.6. The van der Waals surface area contributed by atoms with Crippen molar-refractivity contribution < 1.29 is 4.79 Å². The molecule has 9 nitrogen and oxygen atoms in total. The van der Waals surface area contributed by atoms with E-state index in [4.69, 9.17) is 4.98 Å². The molecular formula is C27H30N8O. The summed E-state index contributed by atoms with van der Waals surface area (Å²) in [5.41, 5.74) is 6.17. The summed E-state index contributed by atoms with van der Waals surface area (Å²) in [4.78, 5) is 33.7. The number of piperidine rings is 1. The van der Waals surface area contributed by atoms with Crippen molar-refractivity contribution in [1.82, 2.24) is 34.9 Å². The largest absolute Gasteiger partial charge is 0.368 e. The molecule has 4 aromatic rings. The van der Waals surface area contributed by atoms with Crippen LogP contribution in [0.4, 0.5) is 5.69 Å². The van der Waals surface area contributed by atoms with Crippen LogP contribution in [0.2, 0.25) is 0 Å². The number of nitrogens with zero attached hydrogens (tertiary/aromatic N) is 7. The Kier molecular flexibility index (Phi) is 6.06. The Morgan fingerprint density at radius 3 is 2.50 bits per heavy atom. The van der Waals surface area contributed by atoms with Crippen LogP contribution < -0.4 is 4.90 Å². The Hall–Kier alpha value is -3.85. The number of piperazine rings is 1. The van der Waals surface area contributed by atoms with Crippen molar-refractivity contribution in [2.45, 2.75) is 18.8 Å². The van der Waals surface area contributed by atoms with Gasteiger partial charge in [-0.15, -0.1) is 0 Å². The number of carbonyl (C=O) groups is 1. The lowest BCUT2D eigenvalue weighted by atomic mass is 9.92. The minimum absolute atomic E-state index is 0.00869. The van der Waals surface area contributed by atoms with Gasteiger partial charge in [-0.1, -0.05) is 30.3 Å². The molecule has 0 unspecified atom stereocenters. The Morgan fingerprint density at radius 2 is 1.72 bits per heavy atom. The number of benzene rings is 1. The highest BCUT2D eigenvalue weighted by molar-refractivity contribution is 5.93. The third-order valence-corrected chi connectivity index (χ3v) is 7.40. The van der Waals surface area contributed by atoms with Gasteiger partial charge in [0.05, 0.1) is 28.8 Å². The van der Waals surface area contributed by atoms with Gasteiger partial charge in [-0.05, 0) is 32.0 Å². The summed E-state index contributed by atoms with van der Waals surface area (Å²) in [5.74, 6) is 0.244. The van der Waals surface area contributed by atoms with Gasteiger partial charge >= 0.3 is 0 Å². The van der Waals surface area contributed by atoms with Crippen molar-refractivity contribution in [2.24, 2.45) is 0 Å². The Balaban J connectivity index is 1.14. The normalized spacial score (nSPS) is 17.6. The average molecular weight is 483 g/mol. The lowest BCUT2D eigenvalue weighted by molar-refractivity contribution is 0.0706. The summed E-state index contributed by atoms with van der Waals surface area (Å²) in [6, 6.07) is 13.9. The number of H-pyrrole nitrogens is 1. The zero-order chi connectivity index (χ0) is 24.5. The summed E-state index contributed by atoms with van der Waals surface area (Å²) in [6.45, 7) is 5.45. The molecule has 0 radical (unpaired) electrons. The van der Waals surface area contributed by atoms with Gasteiger partial charge in [0.2, 0.25) is 0 Å². The standard InChI is InChI=1S/C27H30N8O/c1-33-11-13-34(14-12-33)21-15-23-26(28-17-21)25(30-18-29-23)20-7-9-35(10-8-20)27(36)24-16-22(31-32-24)19-5-3-2-4-6-19/h2-6,15-18,20H,7-14H2,1H3,(H,31,32). The number of aromatic amines is 1. The second-order valence-corrected chi connectivity index (χ2v) is 9.71. The highest BCUT2D eigenvalue weighted by Gasteiger charge is 2.28. The number of pyridine rings is 1. The van der Waals surface area contributed by atoms with Crippen LogP contribution in [0.15, 0.2) is 55.0 Å². The predicted molar refractivity (Wildman–Crippen MR) is 139 cm³/mol. The van der Waals surface area contributed by atoms with E-state index in [1.54, 1.807) is 6.33 Å². The molecular weight excluding hydrogens is 452 g/mol. The summed E-state index contributed by atoms with van der Waals surface area (Å²) in [7, 11) is 2.16. The third kappa shape index (κ3) is 4.42. The molecule has 2 fully saturated rings. The van der Waals surface area contributed by atoms with Gasteiger partial charge in [-0.25, -0.2) is 9.97 Å². The van der Waals surface area contributed by atoms with Crippen LogP contribution in [0.25, 0.3) is 22.3 Å². The van der Waals surface area contributed by atoms with E-state index in [2.05, 4.69) is 43.1 Å². The van der Waals surface area contributed by atoms with E-state index in [0.29, 0.717) is 18.8 Å². The van der Waals surface area contributed by atoms with Crippen molar-refractivity contribution in [1.29, 1.82) is 0 Å². The van der Waals surface area contributed by atoms with Crippen LogP contribution in [0.5, 0.6) is 0 Å². The van der Waals surface area contributed by atoms with Gasteiger partial charge in [0, 0.05) is 50.7 Å². The molecule has 0 atom stereocenters. The van der Waals surface area contributed by atoms with Gasteiger partial charge in [-0.3, -0.25) is 14.9 Å². The maximum atomic E-state index is 13.1. The highest BCUT2D eigenvalue weighted by Crippen LogP contribution is 2.32. The van der Waals surface area contributed by atoms with Crippen LogP contribution in [0.1, 0.15) is 34.9 Å². The molecule has 0 saturated carbocycles. The van der Waals surface area contributed by atoms with Gasteiger partial charge in [-0.2, -0.15) is 5.10 Å². The molecule has 5 heterocycles. The number of fused-ring (bicyclic) bond motifs is 1. The lowest BCUT2D eigenvalue weighted by Gasteiger charge is -2.34. The van der Waals surface area contributed by atoms with E-state index in [-0.39, 0.29) is 11.8 Å². The predicted octanol–water partition coefficient (Wildman–Crippen LogP) is 3.19. The molecule has 0 bridgehead atoms. The maximum Gasteiger partial charge on any atom is 0.271 e. The summed E-state index contributed by atoms with van der Waals surface area (Å²) in [6.07, 6.45) is 5.31. The molecule has 2 aliphatic heterocycles. The number of likely N-dealkylation sites (N-methyl/N-ethyl adjacent to an activating group) is 1. The second kappa shape index (κ2) is 9.66. The monoisotopic (exact) mass is 482 g/mol. The van der Waals surface area contributed by atoms with Gasteiger partial charge < -0.3 is 14.7 Å². The third-order valence-electron chi connectivity index (χ3n) is 7.40. The fourth-order valence-electron chi connectivity index (χ4n) is 5.20. The smallest absolute Gasteiger partial charge is 0.271 e. The average Bonchev–Trinajstić information content (AvgIpc) is 3.44. The highest BCUT2D eigenvalue weighted by atomic mass is 16.2. The fourth-order valence-corrected chi connectivity index (χ4v) is 5.20. The van der Waals surface area contributed by atoms with E-state index in [0.717, 1.165) is 72.7 Å². The molecule has 184 valence electrons. The van der Waals surface area contributed by atoms with Crippen molar-refractivity contribution >= 4 is 22.6 Å². The number of amides is 1. The number of hydrogen-bond acceptors (Lipinski definition) is 7. The van der Waals surface area contributed by atoms with Crippen molar-refractivity contribution in [3.63, 3.8) is 0 Å². The first-order chi connectivity index (χ1) is 17.7. The van der Waals surface area contributed by atoms with Crippen LogP contribution in [-0.4, -0.2) is 87.2 Å². The quantitative estimate of drug-likeness (QED) is 0.477. The van der Waals surface area contributed by atoms with Crippen molar-refractivity contribution in [3.8, 4) is 11.3 Å². The number of anilines is 1. The zero-order valence-electron chi connectivity index (χ0n) is 20.5. The van der Waals surface area contributed by atoms with Gasteiger partial charge in [0.25, 0.3) is 5.91 Å². The summed E-state index contributed by atoms with van der Waals surface area (Å²) < 4.78 is 0. The van der Waals surface area contributed by atoms with Crippen LogP contribution >= 0.6 is 0 Å². The van der Waals surface area contributed by atoms with Crippen LogP contribution in [-0.2, 0) is 0 Å². The van der Waals surface area contributed by atoms with E-state index >= 15 is 0 Å². The maximum absolute atomic E-state index is 13.1. The molecule has 2 aliphatic rings. The number of nitrogens with one attached hydrogen (secondary N) is 1. The summed E-state index contributed by atoms with van der Waals surface area (Å²) in [5, 5.41) is 7.26.